The highest BCUT2D eigenvalue weighted by molar-refractivity contribution is 7.89. The lowest BCUT2D eigenvalue weighted by Gasteiger charge is -2.30. The number of hydrogen-bond acceptors (Lipinski definition) is 5. The first kappa shape index (κ1) is 21.7. The van der Waals surface area contributed by atoms with E-state index in [2.05, 4.69) is 0 Å². The molecule has 0 saturated carbocycles. The minimum Gasteiger partial charge on any atom is -0.426 e. The molecule has 0 N–H and O–H groups in total. The highest BCUT2D eigenvalue weighted by Crippen LogP contribution is 2.29. The van der Waals surface area contributed by atoms with Crippen LogP contribution in [0.5, 0.6) is 5.75 Å². The molecule has 1 saturated heterocycles. The van der Waals surface area contributed by atoms with Gasteiger partial charge in [0.2, 0.25) is 10.0 Å². The molecule has 6 nitrogen and oxygen atoms in total. The predicted molar refractivity (Wildman–Crippen MR) is 117 cm³/mol. The molecule has 4 rings (SSSR count). The molecule has 1 aliphatic carbocycles. The Labute approximate surface area is 183 Å². The van der Waals surface area contributed by atoms with Crippen molar-refractivity contribution in [2.45, 2.75) is 50.3 Å². The molecule has 31 heavy (non-hydrogen) atoms. The smallest absolute Gasteiger partial charge is 0.314 e. The van der Waals surface area contributed by atoms with Crippen molar-refractivity contribution in [2.24, 2.45) is 5.92 Å². The maximum absolute atomic E-state index is 13.1. The maximum Gasteiger partial charge on any atom is 0.314 e. The number of rotatable bonds is 5. The van der Waals surface area contributed by atoms with Crippen molar-refractivity contribution in [3.05, 3.63) is 59.2 Å². The van der Waals surface area contributed by atoms with Crippen LogP contribution in [-0.4, -0.2) is 37.6 Å². The van der Waals surface area contributed by atoms with Gasteiger partial charge in [0, 0.05) is 18.7 Å². The predicted octanol–water partition coefficient (Wildman–Crippen LogP) is 3.77. The number of aryl methyl sites for hydroxylation is 2. The molecule has 0 aromatic heterocycles. The minimum atomic E-state index is -3.57. The molecular formula is C24H27NO5S. The van der Waals surface area contributed by atoms with Crippen LogP contribution in [0.1, 0.15) is 54.1 Å². The number of hydrogen-bond donors (Lipinski definition) is 0. The summed E-state index contributed by atoms with van der Waals surface area (Å²) in [5, 5.41) is 0. The maximum atomic E-state index is 13.1. The molecule has 7 heteroatoms. The lowest BCUT2D eigenvalue weighted by Crippen LogP contribution is -2.41. The number of sulfonamides is 1. The summed E-state index contributed by atoms with van der Waals surface area (Å²) in [4.78, 5) is 24.2. The van der Waals surface area contributed by atoms with E-state index in [9.17, 15) is 18.0 Å². The van der Waals surface area contributed by atoms with Crippen molar-refractivity contribution < 1.29 is 22.7 Å². The topological polar surface area (TPSA) is 80.8 Å². The van der Waals surface area contributed by atoms with E-state index in [1.165, 1.54) is 16.8 Å². The summed E-state index contributed by atoms with van der Waals surface area (Å²) < 4.78 is 33.1. The molecule has 0 radical (unpaired) electrons. The third-order valence-corrected chi connectivity index (χ3v) is 8.12. The quantitative estimate of drug-likeness (QED) is 0.401. The Morgan fingerprint density at radius 1 is 0.935 bits per heavy atom. The van der Waals surface area contributed by atoms with Gasteiger partial charge in [-0.15, -0.1) is 0 Å². The van der Waals surface area contributed by atoms with Gasteiger partial charge in [-0.2, -0.15) is 4.31 Å². The summed E-state index contributed by atoms with van der Waals surface area (Å²) in [6.07, 6.45) is 5.05. The molecular weight excluding hydrogens is 414 g/mol. The SMILES string of the molecule is CC(=O)c1ccc(OC(=O)C2CCN(S(=O)(=O)c3ccc4c(c3)CCCC4)CC2)cc1. The lowest BCUT2D eigenvalue weighted by molar-refractivity contribution is -0.140. The van der Waals surface area contributed by atoms with Crippen LogP contribution in [0.3, 0.4) is 0 Å². The van der Waals surface area contributed by atoms with Crippen LogP contribution in [0, 0.1) is 5.92 Å². The number of nitrogens with zero attached hydrogens (tertiary/aromatic N) is 1. The van der Waals surface area contributed by atoms with E-state index in [4.69, 9.17) is 4.74 Å². The largest absolute Gasteiger partial charge is 0.426 e. The van der Waals surface area contributed by atoms with E-state index in [-0.39, 0.29) is 17.7 Å². The Morgan fingerprint density at radius 2 is 1.58 bits per heavy atom. The molecule has 0 unspecified atom stereocenters. The van der Waals surface area contributed by atoms with E-state index in [1.807, 2.05) is 12.1 Å². The zero-order chi connectivity index (χ0) is 22.0. The van der Waals surface area contributed by atoms with Gasteiger partial charge in [0.05, 0.1) is 10.8 Å². The fourth-order valence-electron chi connectivity index (χ4n) is 4.31. The number of piperidine rings is 1. The molecule has 2 aliphatic rings. The number of ketones is 1. The average molecular weight is 442 g/mol. The second kappa shape index (κ2) is 8.93. The lowest BCUT2D eigenvalue weighted by atomic mass is 9.92. The van der Waals surface area contributed by atoms with Crippen LogP contribution in [0.25, 0.3) is 0 Å². The molecule has 2 aromatic rings. The van der Waals surface area contributed by atoms with Gasteiger partial charge in [0.25, 0.3) is 0 Å². The zero-order valence-corrected chi connectivity index (χ0v) is 18.5. The molecule has 1 heterocycles. The van der Waals surface area contributed by atoms with E-state index in [1.54, 1.807) is 30.3 Å². The van der Waals surface area contributed by atoms with Gasteiger partial charge in [-0.05, 0) is 93.0 Å². The van der Waals surface area contributed by atoms with Gasteiger partial charge in [-0.1, -0.05) is 6.07 Å². The van der Waals surface area contributed by atoms with E-state index < -0.39 is 10.0 Å². The molecule has 0 spiro atoms. The zero-order valence-electron chi connectivity index (χ0n) is 17.7. The molecule has 164 valence electrons. The van der Waals surface area contributed by atoms with E-state index >= 15 is 0 Å². The summed E-state index contributed by atoms with van der Waals surface area (Å²) in [6, 6.07) is 11.9. The number of ether oxygens (including phenoxy) is 1. The molecule has 0 amide bonds. The van der Waals surface area contributed by atoms with Crippen LogP contribution >= 0.6 is 0 Å². The van der Waals surface area contributed by atoms with Crippen molar-refractivity contribution in [3.8, 4) is 5.75 Å². The first-order chi connectivity index (χ1) is 14.8. The summed E-state index contributed by atoms with van der Waals surface area (Å²) in [5.41, 5.74) is 2.95. The number of benzene rings is 2. The van der Waals surface area contributed by atoms with Crippen LogP contribution < -0.4 is 4.74 Å². The average Bonchev–Trinajstić information content (AvgIpc) is 2.79. The summed E-state index contributed by atoms with van der Waals surface area (Å²) in [7, 11) is -3.57. The Bertz CT molecular complexity index is 1080. The summed E-state index contributed by atoms with van der Waals surface area (Å²) in [5.74, 6) is -0.367. The van der Waals surface area contributed by atoms with Crippen molar-refractivity contribution in [2.75, 3.05) is 13.1 Å². The second-order valence-electron chi connectivity index (χ2n) is 8.32. The van der Waals surface area contributed by atoms with Crippen LogP contribution in [0.4, 0.5) is 0 Å². The number of carbonyl (C=O) groups excluding carboxylic acids is 2. The van der Waals surface area contributed by atoms with Gasteiger partial charge in [0.15, 0.2) is 5.78 Å². The Hall–Kier alpha value is -2.51. The summed E-state index contributed by atoms with van der Waals surface area (Å²) in [6.45, 7) is 2.07. The van der Waals surface area contributed by atoms with Crippen molar-refractivity contribution in [1.82, 2.24) is 4.31 Å². The van der Waals surface area contributed by atoms with Gasteiger partial charge in [-0.25, -0.2) is 8.42 Å². The summed E-state index contributed by atoms with van der Waals surface area (Å²) >= 11 is 0. The van der Waals surface area contributed by atoms with Crippen molar-refractivity contribution >= 4 is 21.8 Å². The van der Waals surface area contributed by atoms with E-state index in [0.717, 1.165) is 31.2 Å². The van der Waals surface area contributed by atoms with Gasteiger partial charge < -0.3 is 4.74 Å². The molecule has 0 bridgehead atoms. The Balaban J connectivity index is 1.37. The standard InChI is InChI=1S/C24H27NO5S/c1-17(26)18-6-9-22(10-7-18)30-24(27)20-12-14-25(15-13-20)31(28,29)23-11-8-19-4-2-3-5-21(19)16-23/h6-11,16,20H,2-5,12-15H2,1H3. The van der Waals surface area contributed by atoms with Crippen molar-refractivity contribution in [1.29, 1.82) is 0 Å². The van der Waals surface area contributed by atoms with Crippen molar-refractivity contribution in [3.63, 3.8) is 0 Å². The van der Waals surface area contributed by atoms with Gasteiger partial charge in [0.1, 0.15) is 5.75 Å². The van der Waals surface area contributed by atoms with Crippen LogP contribution in [0.2, 0.25) is 0 Å². The van der Waals surface area contributed by atoms with Gasteiger partial charge in [-0.3, -0.25) is 9.59 Å². The first-order valence-corrected chi connectivity index (χ1v) is 12.2. The first-order valence-electron chi connectivity index (χ1n) is 10.8. The highest BCUT2D eigenvalue weighted by Gasteiger charge is 2.33. The molecule has 1 aliphatic heterocycles. The molecule has 1 fully saturated rings. The fraction of sp³-hybridized carbons (Fsp3) is 0.417. The normalized spacial score (nSPS) is 17.7. The number of carbonyl (C=O) groups is 2. The minimum absolute atomic E-state index is 0.0506. The van der Waals surface area contributed by atoms with Gasteiger partial charge >= 0.3 is 5.97 Å². The number of fused-ring (bicyclic) bond motifs is 1. The molecule has 2 aromatic carbocycles. The monoisotopic (exact) mass is 441 g/mol. The van der Waals surface area contributed by atoms with Crippen LogP contribution in [0.15, 0.2) is 47.4 Å². The third-order valence-electron chi connectivity index (χ3n) is 6.22. The van der Waals surface area contributed by atoms with E-state index in [0.29, 0.717) is 42.1 Å². The fourth-order valence-corrected chi connectivity index (χ4v) is 5.83. The van der Waals surface area contributed by atoms with Crippen LogP contribution in [-0.2, 0) is 27.7 Å². The highest BCUT2D eigenvalue weighted by atomic mass is 32.2. The molecule has 0 atom stereocenters. The Morgan fingerprint density at radius 3 is 2.23 bits per heavy atom. The Kier molecular flexibility index (Phi) is 6.25. The number of esters is 1. The second-order valence-corrected chi connectivity index (χ2v) is 10.3. The third kappa shape index (κ3) is 4.72. The number of Topliss-reactive ketones (excluding diaryl/α,β-unsaturated/α-hetero) is 1.